The molecular formula is C14H20N4OS. The lowest BCUT2D eigenvalue weighted by atomic mass is 10.0. The van der Waals surface area contributed by atoms with Crippen LogP contribution in [0.1, 0.15) is 32.9 Å². The lowest BCUT2D eigenvalue weighted by molar-refractivity contribution is -0.0127. The number of ether oxygens (including phenoxy) is 1. The second-order valence-electron chi connectivity index (χ2n) is 5.25. The van der Waals surface area contributed by atoms with Crippen molar-refractivity contribution in [2.75, 3.05) is 19.8 Å². The van der Waals surface area contributed by atoms with Gasteiger partial charge in [-0.1, -0.05) is 0 Å². The highest BCUT2D eigenvalue weighted by Gasteiger charge is 2.28. The highest BCUT2D eigenvalue weighted by Crippen LogP contribution is 2.30. The van der Waals surface area contributed by atoms with Crippen LogP contribution in [0.15, 0.2) is 6.20 Å². The van der Waals surface area contributed by atoms with Crippen LogP contribution in [0.3, 0.4) is 0 Å². The fraction of sp³-hybridized carbons (Fsp3) is 0.571. The van der Waals surface area contributed by atoms with Crippen molar-refractivity contribution in [1.29, 1.82) is 0 Å². The maximum atomic E-state index is 5.69. The van der Waals surface area contributed by atoms with E-state index in [1.807, 2.05) is 6.20 Å². The molecule has 0 spiro atoms. The number of nitrogens with one attached hydrogen (secondary N) is 1. The van der Waals surface area contributed by atoms with Crippen LogP contribution >= 0.6 is 11.3 Å². The van der Waals surface area contributed by atoms with Crippen molar-refractivity contribution in [3.8, 4) is 0 Å². The lowest BCUT2D eigenvalue weighted by Crippen LogP contribution is -2.39. The van der Waals surface area contributed by atoms with Crippen molar-refractivity contribution in [2.45, 2.75) is 33.4 Å². The summed E-state index contributed by atoms with van der Waals surface area (Å²) in [5, 5.41) is 8.53. The first-order valence-electron chi connectivity index (χ1n) is 6.89. The van der Waals surface area contributed by atoms with E-state index in [4.69, 9.17) is 4.74 Å². The molecule has 1 aliphatic heterocycles. The van der Waals surface area contributed by atoms with Gasteiger partial charge < -0.3 is 4.74 Å². The normalized spacial score (nSPS) is 20.4. The molecule has 2 aromatic heterocycles. The van der Waals surface area contributed by atoms with Gasteiger partial charge in [0.1, 0.15) is 0 Å². The fourth-order valence-electron chi connectivity index (χ4n) is 2.82. The Kier molecular flexibility index (Phi) is 3.87. The van der Waals surface area contributed by atoms with Crippen LogP contribution in [0.25, 0.3) is 0 Å². The van der Waals surface area contributed by atoms with Crippen LogP contribution in [-0.4, -0.2) is 39.8 Å². The van der Waals surface area contributed by atoms with E-state index in [0.717, 1.165) is 42.7 Å². The molecule has 3 rings (SSSR count). The number of hydrogen-bond donors (Lipinski definition) is 1. The van der Waals surface area contributed by atoms with Gasteiger partial charge in [0, 0.05) is 35.4 Å². The Morgan fingerprint density at radius 2 is 2.30 bits per heavy atom. The van der Waals surface area contributed by atoms with Gasteiger partial charge in [0.15, 0.2) is 0 Å². The molecule has 0 aromatic carbocycles. The zero-order chi connectivity index (χ0) is 14.1. The van der Waals surface area contributed by atoms with Crippen molar-refractivity contribution in [3.05, 3.63) is 33.0 Å². The zero-order valence-corrected chi connectivity index (χ0v) is 13.0. The minimum Gasteiger partial charge on any atom is -0.378 e. The quantitative estimate of drug-likeness (QED) is 0.943. The molecule has 0 amide bonds. The minimum absolute atomic E-state index is 0.282. The summed E-state index contributed by atoms with van der Waals surface area (Å²) in [6, 6.07) is 0.282. The van der Waals surface area contributed by atoms with Gasteiger partial charge in [-0.2, -0.15) is 5.10 Å². The molecule has 1 aliphatic rings. The molecule has 2 aromatic rings. The highest BCUT2D eigenvalue weighted by atomic mass is 32.1. The Hall–Kier alpha value is -1.24. The van der Waals surface area contributed by atoms with Crippen molar-refractivity contribution in [3.63, 3.8) is 0 Å². The molecule has 6 heteroatoms. The number of H-pyrrole nitrogens is 1. The fourth-order valence-corrected chi connectivity index (χ4v) is 3.64. The van der Waals surface area contributed by atoms with E-state index in [9.17, 15) is 0 Å². The number of morpholine rings is 1. The number of hydrogen-bond acceptors (Lipinski definition) is 5. The predicted octanol–water partition coefficient (Wildman–Crippen LogP) is 2.36. The number of aromatic nitrogens is 3. The SMILES string of the molecule is Cc1ncc(CN2CCOCC2c2c(C)n[nH]c2C)s1. The molecule has 1 unspecified atom stereocenters. The second-order valence-corrected chi connectivity index (χ2v) is 6.57. The van der Waals surface area contributed by atoms with E-state index in [1.54, 1.807) is 11.3 Å². The van der Waals surface area contributed by atoms with Gasteiger partial charge in [0.05, 0.1) is 30.0 Å². The van der Waals surface area contributed by atoms with Gasteiger partial charge >= 0.3 is 0 Å². The average molecular weight is 292 g/mol. The summed E-state index contributed by atoms with van der Waals surface area (Å²) in [7, 11) is 0. The summed E-state index contributed by atoms with van der Waals surface area (Å²) in [6.07, 6.45) is 1.99. The summed E-state index contributed by atoms with van der Waals surface area (Å²) in [5.74, 6) is 0. The predicted molar refractivity (Wildman–Crippen MR) is 78.9 cm³/mol. The van der Waals surface area contributed by atoms with E-state index in [1.165, 1.54) is 10.4 Å². The van der Waals surface area contributed by atoms with Crippen LogP contribution in [0.5, 0.6) is 0 Å². The molecule has 1 fully saturated rings. The molecule has 0 saturated carbocycles. The van der Waals surface area contributed by atoms with Crippen molar-refractivity contribution in [1.82, 2.24) is 20.1 Å². The standard InChI is InChI=1S/C14H20N4OS/c1-9-14(10(2)17-16-9)13-8-19-5-4-18(13)7-12-6-15-11(3)20-12/h6,13H,4-5,7-8H2,1-3H3,(H,16,17). The molecule has 0 bridgehead atoms. The summed E-state index contributed by atoms with van der Waals surface area (Å²) >= 11 is 1.77. The van der Waals surface area contributed by atoms with E-state index in [-0.39, 0.29) is 6.04 Å². The third kappa shape index (κ3) is 2.63. The number of thiazole rings is 1. The molecule has 0 radical (unpaired) electrons. The maximum absolute atomic E-state index is 5.69. The van der Waals surface area contributed by atoms with Gasteiger partial charge in [-0.3, -0.25) is 10.00 Å². The zero-order valence-electron chi connectivity index (χ0n) is 12.1. The van der Waals surface area contributed by atoms with E-state index >= 15 is 0 Å². The van der Waals surface area contributed by atoms with Crippen molar-refractivity contribution in [2.24, 2.45) is 0 Å². The van der Waals surface area contributed by atoms with Gasteiger partial charge in [0.2, 0.25) is 0 Å². The summed E-state index contributed by atoms with van der Waals surface area (Å²) in [5.41, 5.74) is 3.50. The smallest absolute Gasteiger partial charge is 0.0897 e. The monoisotopic (exact) mass is 292 g/mol. The van der Waals surface area contributed by atoms with Gasteiger partial charge in [-0.25, -0.2) is 4.98 Å². The van der Waals surface area contributed by atoms with Crippen LogP contribution in [0.4, 0.5) is 0 Å². The first-order chi connectivity index (χ1) is 9.65. The van der Waals surface area contributed by atoms with Crippen LogP contribution in [0, 0.1) is 20.8 Å². The average Bonchev–Trinajstić information content (AvgIpc) is 2.98. The summed E-state index contributed by atoms with van der Waals surface area (Å²) in [4.78, 5) is 8.13. The Labute approximate surface area is 123 Å². The number of aromatic amines is 1. The van der Waals surface area contributed by atoms with Crippen LogP contribution in [-0.2, 0) is 11.3 Å². The van der Waals surface area contributed by atoms with Crippen LogP contribution < -0.4 is 0 Å². The molecule has 20 heavy (non-hydrogen) atoms. The second kappa shape index (κ2) is 5.63. The van der Waals surface area contributed by atoms with Gasteiger partial charge in [-0.15, -0.1) is 11.3 Å². The third-order valence-electron chi connectivity index (χ3n) is 3.79. The van der Waals surface area contributed by atoms with Crippen molar-refractivity contribution >= 4 is 11.3 Å². The first-order valence-corrected chi connectivity index (χ1v) is 7.71. The molecule has 1 atom stereocenters. The van der Waals surface area contributed by atoms with Crippen molar-refractivity contribution < 1.29 is 4.74 Å². The Morgan fingerprint density at radius 3 is 2.95 bits per heavy atom. The van der Waals surface area contributed by atoms with Crippen LogP contribution in [0.2, 0.25) is 0 Å². The number of rotatable bonds is 3. The van der Waals surface area contributed by atoms with Gasteiger partial charge in [0.25, 0.3) is 0 Å². The molecular weight excluding hydrogens is 272 g/mol. The highest BCUT2D eigenvalue weighted by molar-refractivity contribution is 7.11. The number of aryl methyl sites for hydroxylation is 3. The largest absolute Gasteiger partial charge is 0.378 e. The molecule has 5 nitrogen and oxygen atoms in total. The van der Waals surface area contributed by atoms with E-state index in [0.29, 0.717) is 0 Å². The number of nitrogens with zero attached hydrogens (tertiary/aromatic N) is 3. The summed E-state index contributed by atoms with van der Waals surface area (Å²) < 4.78 is 5.69. The first kappa shape index (κ1) is 13.7. The molecule has 0 aliphatic carbocycles. The van der Waals surface area contributed by atoms with E-state index in [2.05, 4.69) is 40.9 Å². The lowest BCUT2D eigenvalue weighted by Gasteiger charge is -2.35. The molecule has 1 saturated heterocycles. The minimum atomic E-state index is 0.282. The Morgan fingerprint density at radius 1 is 1.45 bits per heavy atom. The topological polar surface area (TPSA) is 54.0 Å². The Bertz CT molecular complexity index is 572. The Balaban J connectivity index is 1.84. The molecule has 3 heterocycles. The summed E-state index contributed by atoms with van der Waals surface area (Å²) in [6.45, 7) is 9.61. The van der Waals surface area contributed by atoms with Gasteiger partial charge in [-0.05, 0) is 20.8 Å². The third-order valence-corrected chi connectivity index (χ3v) is 4.68. The molecule has 1 N–H and O–H groups in total. The molecule has 108 valence electrons. The van der Waals surface area contributed by atoms with E-state index < -0.39 is 0 Å². The maximum Gasteiger partial charge on any atom is 0.0897 e.